The molecule has 5 nitrogen and oxygen atoms in total. The van der Waals surface area contributed by atoms with Crippen LogP contribution in [0.3, 0.4) is 0 Å². The summed E-state index contributed by atoms with van der Waals surface area (Å²) in [5, 5.41) is 20.8. The van der Waals surface area contributed by atoms with Gasteiger partial charge in [0.05, 0.1) is 17.0 Å². The molecule has 0 saturated carbocycles. The number of hydrogen-bond donors (Lipinski definition) is 3. The van der Waals surface area contributed by atoms with Crippen molar-refractivity contribution in [2.45, 2.75) is 0 Å². The van der Waals surface area contributed by atoms with Crippen LogP contribution in [0.5, 0.6) is 0 Å². The van der Waals surface area contributed by atoms with Crippen LogP contribution in [0.15, 0.2) is 67.0 Å². The summed E-state index contributed by atoms with van der Waals surface area (Å²) in [5.74, 6) is 0. The highest BCUT2D eigenvalue weighted by Gasteiger charge is 2.10. The van der Waals surface area contributed by atoms with Crippen molar-refractivity contribution in [3.63, 3.8) is 0 Å². The van der Waals surface area contributed by atoms with E-state index >= 15 is 0 Å². The van der Waals surface area contributed by atoms with Crippen molar-refractivity contribution in [3.05, 3.63) is 83.7 Å². The van der Waals surface area contributed by atoms with Crippen molar-refractivity contribution in [1.82, 2.24) is 4.98 Å². The van der Waals surface area contributed by atoms with Gasteiger partial charge >= 0.3 is 0 Å². The number of anilines is 3. The van der Waals surface area contributed by atoms with Gasteiger partial charge in [0.25, 0.3) is 0 Å². The molecule has 0 atom stereocenters. The Morgan fingerprint density at radius 2 is 1.83 bits per heavy atom. The molecule has 0 spiro atoms. The molecule has 0 aliphatic heterocycles. The number of nitriles is 1. The third kappa shape index (κ3) is 3.08. The molecule has 2 aromatic carbocycles. The van der Waals surface area contributed by atoms with Gasteiger partial charge in [-0.25, -0.2) is 0 Å². The smallest absolute Gasteiger partial charge is 0.101 e. The maximum Gasteiger partial charge on any atom is 0.101 e. The highest BCUT2D eigenvalue weighted by Crippen LogP contribution is 2.25. The monoisotopic (exact) mass is 313 g/mol. The summed E-state index contributed by atoms with van der Waals surface area (Å²) in [5.41, 5.74) is 10.3. The number of pyridine rings is 1. The average Bonchev–Trinajstić information content (AvgIpc) is 2.64. The van der Waals surface area contributed by atoms with Gasteiger partial charge in [-0.15, -0.1) is 0 Å². The lowest BCUT2D eigenvalue weighted by atomic mass is 10.0. The number of para-hydroxylation sites is 1. The third-order valence-electron chi connectivity index (χ3n) is 3.62. The number of rotatable bonds is 4. The fourth-order valence-electron chi connectivity index (χ4n) is 2.37. The van der Waals surface area contributed by atoms with E-state index in [-0.39, 0.29) is 0 Å². The molecular weight excluding hydrogens is 298 g/mol. The average molecular weight is 313 g/mol. The van der Waals surface area contributed by atoms with E-state index in [0.29, 0.717) is 28.2 Å². The molecule has 0 radical (unpaired) electrons. The van der Waals surface area contributed by atoms with Crippen molar-refractivity contribution in [2.75, 3.05) is 11.1 Å². The van der Waals surface area contributed by atoms with Crippen LogP contribution in [0.25, 0.3) is 0 Å². The Hall–Kier alpha value is -3.65. The number of nitrogen functional groups attached to an aromatic ring is 1. The fourth-order valence-corrected chi connectivity index (χ4v) is 2.37. The number of aromatic nitrogens is 1. The predicted octanol–water partition coefficient (Wildman–Crippen LogP) is 3.70. The second-order valence-electron chi connectivity index (χ2n) is 5.20. The van der Waals surface area contributed by atoms with E-state index in [1.165, 1.54) is 0 Å². The topological polar surface area (TPSA) is 98.6 Å². The molecular formula is C19H15N5. The first-order valence-electron chi connectivity index (χ1n) is 7.34. The van der Waals surface area contributed by atoms with Gasteiger partial charge in [0.2, 0.25) is 0 Å². The molecule has 0 unspecified atom stereocenters. The Kier molecular flexibility index (Phi) is 4.21. The largest absolute Gasteiger partial charge is 0.398 e. The lowest BCUT2D eigenvalue weighted by Gasteiger charge is -2.12. The standard InChI is InChI=1S/C19H15N5/c20-12-14-3-1-2-4-18(14)24-15-5-6-17(21)16(11-15)19(22)13-7-9-23-10-8-13/h1-11,22,24H,21H2. The van der Waals surface area contributed by atoms with Crippen LogP contribution in [0.4, 0.5) is 17.1 Å². The first-order valence-corrected chi connectivity index (χ1v) is 7.34. The van der Waals surface area contributed by atoms with Crippen LogP contribution in [-0.4, -0.2) is 10.7 Å². The highest BCUT2D eigenvalue weighted by atomic mass is 14.9. The van der Waals surface area contributed by atoms with Crippen LogP contribution in [0, 0.1) is 16.7 Å². The zero-order valence-electron chi connectivity index (χ0n) is 12.8. The van der Waals surface area contributed by atoms with E-state index in [1.54, 1.807) is 36.7 Å². The lowest BCUT2D eigenvalue weighted by molar-refractivity contribution is 1.31. The van der Waals surface area contributed by atoms with Gasteiger partial charge in [-0.3, -0.25) is 10.4 Å². The van der Waals surface area contributed by atoms with Crippen LogP contribution < -0.4 is 11.1 Å². The molecule has 0 aliphatic rings. The molecule has 0 amide bonds. The van der Waals surface area contributed by atoms with Crippen LogP contribution in [0.2, 0.25) is 0 Å². The fraction of sp³-hybridized carbons (Fsp3) is 0. The Labute approximate surface area is 139 Å². The third-order valence-corrected chi connectivity index (χ3v) is 3.62. The number of nitrogens with zero attached hydrogens (tertiary/aromatic N) is 2. The summed E-state index contributed by atoms with van der Waals surface area (Å²) < 4.78 is 0. The number of benzene rings is 2. The van der Waals surface area contributed by atoms with Gasteiger partial charge in [-0.2, -0.15) is 5.26 Å². The molecule has 5 heteroatoms. The van der Waals surface area contributed by atoms with Gasteiger partial charge in [-0.05, 0) is 42.5 Å². The number of hydrogen-bond acceptors (Lipinski definition) is 5. The summed E-state index contributed by atoms with van der Waals surface area (Å²) in [6, 6.07) is 18.3. The van der Waals surface area contributed by atoms with E-state index in [0.717, 1.165) is 11.3 Å². The molecule has 0 bridgehead atoms. The summed E-state index contributed by atoms with van der Waals surface area (Å²) in [4.78, 5) is 3.97. The minimum absolute atomic E-state index is 0.326. The molecule has 24 heavy (non-hydrogen) atoms. The first-order chi connectivity index (χ1) is 11.7. The minimum atomic E-state index is 0.326. The molecule has 0 saturated heterocycles. The molecule has 116 valence electrons. The van der Waals surface area contributed by atoms with Gasteiger partial charge in [0.15, 0.2) is 0 Å². The van der Waals surface area contributed by atoms with E-state index in [4.69, 9.17) is 11.1 Å². The van der Waals surface area contributed by atoms with E-state index in [2.05, 4.69) is 16.4 Å². The molecule has 1 aromatic heterocycles. The Bertz CT molecular complexity index is 926. The molecule has 3 aromatic rings. The van der Waals surface area contributed by atoms with Crippen molar-refractivity contribution < 1.29 is 0 Å². The zero-order valence-corrected chi connectivity index (χ0v) is 12.8. The summed E-state index contributed by atoms with van der Waals surface area (Å²) in [7, 11) is 0. The second kappa shape index (κ2) is 6.63. The molecule has 4 N–H and O–H groups in total. The predicted molar refractivity (Wildman–Crippen MR) is 95.5 cm³/mol. The highest BCUT2D eigenvalue weighted by molar-refractivity contribution is 6.14. The minimum Gasteiger partial charge on any atom is -0.398 e. The first kappa shape index (κ1) is 15.3. The lowest BCUT2D eigenvalue weighted by Crippen LogP contribution is -2.06. The maximum absolute atomic E-state index is 9.18. The second-order valence-corrected chi connectivity index (χ2v) is 5.20. The molecule has 0 aliphatic carbocycles. The zero-order chi connectivity index (χ0) is 16.9. The van der Waals surface area contributed by atoms with Crippen LogP contribution in [-0.2, 0) is 0 Å². The Morgan fingerprint density at radius 1 is 1.08 bits per heavy atom. The van der Waals surface area contributed by atoms with E-state index < -0.39 is 0 Å². The van der Waals surface area contributed by atoms with Crippen molar-refractivity contribution in [2.24, 2.45) is 0 Å². The van der Waals surface area contributed by atoms with Crippen LogP contribution in [0.1, 0.15) is 16.7 Å². The quantitative estimate of drug-likeness (QED) is 0.505. The molecule has 3 rings (SSSR count). The van der Waals surface area contributed by atoms with Gasteiger partial charge < -0.3 is 11.1 Å². The molecule has 1 heterocycles. The van der Waals surface area contributed by atoms with E-state index in [9.17, 15) is 5.26 Å². The summed E-state index contributed by atoms with van der Waals surface area (Å²) in [6.45, 7) is 0. The Balaban J connectivity index is 1.95. The maximum atomic E-state index is 9.18. The summed E-state index contributed by atoms with van der Waals surface area (Å²) in [6.07, 6.45) is 3.29. The Morgan fingerprint density at radius 3 is 2.58 bits per heavy atom. The van der Waals surface area contributed by atoms with Crippen LogP contribution >= 0.6 is 0 Å². The van der Waals surface area contributed by atoms with Gasteiger partial charge in [0.1, 0.15) is 6.07 Å². The van der Waals surface area contributed by atoms with Gasteiger partial charge in [0, 0.05) is 34.9 Å². The molecule has 0 fully saturated rings. The SMILES string of the molecule is N#Cc1ccccc1Nc1ccc(N)c(C(=N)c2ccncc2)c1. The normalized spacial score (nSPS) is 9.96. The van der Waals surface area contributed by atoms with Crippen molar-refractivity contribution in [3.8, 4) is 6.07 Å². The number of nitrogens with two attached hydrogens (primary N) is 1. The van der Waals surface area contributed by atoms with E-state index in [1.807, 2.05) is 30.3 Å². The summed E-state index contributed by atoms with van der Waals surface area (Å²) >= 11 is 0. The number of nitrogens with one attached hydrogen (secondary N) is 2. The van der Waals surface area contributed by atoms with Gasteiger partial charge in [-0.1, -0.05) is 12.1 Å². The van der Waals surface area contributed by atoms with Crippen molar-refractivity contribution in [1.29, 1.82) is 10.7 Å². The van der Waals surface area contributed by atoms with Crippen molar-refractivity contribution >= 4 is 22.8 Å².